The molecule has 0 aliphatic heterocycles. The molecule has 0 fully saturated rings. The van der Waals surface area contributed by atoms with E-state index in [1.807, 2.05) is 0 Å². The summed E-state index contributed by atoms with van der Waals surface area (Å²) in [5.74, 6) is -0.668. The molecule has 6 heteroatoms. The fraction of sp³-hybridized carbons (Fsp3) is 0.0769. The molecule has 2 rings (SSSR count). The molecule has 1 amide bonds. The number of carbonyl (C=O) groups is 1. The maximum Gasteiger partial charge on any atom is 0.274 e. The van der Waals surface area contributed by atoms with Crippen molar-refractivity contribution in [3.8, 4) is 5.75 Å². The Morgan fingerprint density at radius 2 is 2.16 bits per heavy atom. The molecule has 0 saturated carbocycles. The van der Waals surface area contributed by atoms with Crippen molar-refractivity contribution in [3.05, 3.63) is 53.1 Å². The van der Waals surface area contributed by atoms with Crippen LogP contribution in [0.2, 0.25) is 5.15 Å². The number of benzene rings is 1. The van der Waals surface area contributed by atoms with Crippen molar-refractivity contribution in [2.45, 2.75) is 0 Å². The first kappa shape index (κ1) is 13.3. The van der Waals surface area contributed by atoms with E-state index >= 15 is 0 Å². The minimum absolute atomic E-state index is 0.166. The van der Waals surface area contributed by atoms with Crippen LogP contribution in [0.4, 0.5) is 10.1 Å². The predicted octanol–water partition coefficient (Wildman–Crippen LogP) is 3.14. The van der Waals surface area contributed by atoms with Crippen LogP contribution in [-0.4, -0.2) is 18.0 Å². The van der Waals surface area contributed by atoms with Gasteiger partial charge in [0.2, 0.25) is 0 Å². The molecule has 1 heterocycles. The van der Waals surface area contributed by atoms with Gasteiger partial charge in [-0.15, -0.1) is 0 Å². The van der Waals surface area contributed by atoms with Crippen LogP contribution in [0.25, 0.3) is 0 Å². The molecule has 1 aromatic heterocycles. The Morgan fingerprint density at radius 1 is 1.37 bits per heavy atom. The van der Waals surface area contributed by atoms with Gasteiger partial charge in [0.25, 0.3) is 5.91 Å². The van der Waals surface area contributed by atoms with Gasteiger partial charge in [0.15, 0.2) is 0 Å². The average Bonchev–Trinajstić information content (AvgIpc) is 2.40. The lowest BCUT2D eigenvalue weighted by molar-refractivity contribution is 0.102. The maximum absolute atomic E-state index is 13.0. The quantitative estimate of drug-likeness (QED) is 0.879. The molecule has 98 valence electrons. The van der Waals surface area contributed by atoms with E-state index in [1.54, 1.807) is 12.1 Å². The molecule has 0 atom stereocenters. The van der Waals surface area contributed by atoms with E-state index in [0.29, 0.717) is 5.69 Å². The van der Waals surface area contributed by atoms with Gasteiger partial charge in [0.05, 0.1) is 12.8 Å². The molecule has 19 heavy (non-hydrogen) atoms. The van der Waals surface area contributed by atoms with E-state index in [9.17, 15) is 9.18 Å². The second kappa shape index (κ2) is 5.67. The Labute approximate surface area is 114 Å². The molecule has 0 bridgehead atoms. The van der Waals surface area contributed by atoms with Crippen LogP contribution in [0.15, 0.2) is 36.4 Å². The predicted molar refractivity (Wildman–Crippen MR) is 70.2 cm³/mol. The number of aromatic nitrogens is 1. The summed E-state index contributed by atoms with van der Waals surface area (Å²) in [6, 6.07) is 8.53. The molecule has 4 nitrogen and oxygen atoms in total. The first-order valence-corrected chi connectivity index (χ1v) is 5.75. The summed E-state index contributed by atoms with van der Waals surface area (Å²) in [4.78, 5) is 15.8. The van der Waals surface area contributed by atoms with Gasteiger partial charge in [-0.05, 0) is 24.3 Å². The summed E-state index contributed by atoms with van der Waals surface area (Å²) in [5.41, 5.74) is 0.523. The number of nitrogens with one attached hydrogen (secondary N) is 1. The first-order chi connectivity index (χ1) is 9.10. The number of anilines is 1. The summed E-state index contributed by atoms with van der Waals surface area (Å²) in [6.45, 7) is 0. The summed E-state index contributed by atoms with van der Waals surface area (Å²) >= 11 is 5.71. The van der Waals surface area contributed by atoms with Gasteiger partial charge >= 0.3 is 0 Å². The molecule has 1 N–H and O–H groups in total. The van der Waals surface area contributed by atoms with Crippen LogP contribution >= 0.6 is 11.6 Å². The molecule has 2 aromatic rings. The molecular weight excluding hydrogens is 271 g/mol. The van der Waals surface area contributed by atoms with E-state index in [2.05, 4.69) is 10.3 Å². The summed E-state index contributed by atoms with van der Waals surface area (Å²) in [6.07, 6.45) is 0. The zero-order valence-electron chi connectivity index (χ0n) is 9.98. The van der Waals surface area contributed by atoms with Crippen molar-refractivity contribution in [3.63, 3.8) is 0 Å². The monoisotopic (exact) mass is 280 g/mol. The Kier molecular flexibility index (Phi) is 3.97. The molecular formula is C13H10ClFN2O2. The van der Waals surface area contributed by atoms with Crippen LogP contribution < -0.4 is 10.1 Å². The van der Waals surface area contributed by atoms with Crippen molar-refractivity contribution in [2.75, 3.05) is 12.4 Å². The third-order valence-electron chi connectivity index (χ3n) is 2.36. The minimum atomic E-state index is -0.451. The zero-order chi connectivity index (χ0) is 13.8. The van der Waals surface area contributed by atoms with Crippen LogP contribution in [0, 0.1) is 5.82 Å². The average molecular weight is 281 g/mol. The van der Waals surface area contributed by atoms with E-state index < -0.39 is 11.7 Å². The highest BCUT2D eigenvalue weighted by Crippen LogP contribution is 2.25. The van der Waals surface area contributed by atoms with Gasteiger partial charge in [0.1, 0.15) is 22.4 Å². The number of pyridine rings is 1. The van der Waals surface area contributed by atoms with Gasteiger partial charge in [-0.3, -0.25) is 4.79 Å². The fourth-order valence-electron chi connectivity index (χ4n) is 1.49. The van der Waals surface area contributed by atoms with Gasteiger partial charge in [0, 0.05) is 6.07 Å². The summed E-state index contributed by atoms with van der Waals surface area (Å²) in [5, 5.41) is 2.80. The number of amides is 1. The number of halogens is 2. The van der Waals surface area contributed by atoms with Gasteiger partial charge < -0.3 is 10.1 Å². The van der Waals surface area contributed by atoms with Crippen molar-refractivity contribution in [1.82, 2.24) is 4.98 Å². The molecule has 0 saturated heterocycles. The number of ether oxygens (including phenoxy) is 1. The lowest BCUT2D eigenvalue weighted by Crippen LogP contribution is -2.14. The van der Waals surface area contributed by atoms with Crippen LogP contribution in [0.3, 0.4) is 0 Å². The smallest absolute Gasteiger partial charge is 0.274 e. The van der Waals surface area contributed by atoms with Crippen LogP contribution in [0.5, 0.6) is 5.75 Å². The number of nitrogens with zero attached hydrogens (tertiary/aromatic N) is 1. The number of carbonyl (C=O) groups excluding carboxylic acids is 1. The van der Waals surface area contributed by atoms with Crippen molar-refractivity contribution < 1.29 is 13.9 Å². The molecule has 0 unspecified atom stereocenters. The standard InChI is InChI=1S/C13H10ClFN2O2/c1-19-11-7-8(15)5-6-9(11)17-13(18)10-3-2-4-12(14)16-10/h2-7H,1H3,(H,17,18). The van der Waals surface area contributed by atoms with Crippen molar-refractivity contribution in [1.29, 1.82) is 0 Å². The first-order valence-electron chi connectivity index (χ1n) is 5.37. The fourth-order valence-corrected chi connectivity index (χ4v) is 1.65. The summed E-state index contributed by atoms with van der Waals surface area (Å²) < 4.78 is 18.0. The molecule has 0 aliphatic rings. The lowest BCUT2D eigenvalue weighted by Gasteiger charge is -2.09. The van der Waals surface area contributed by atoms with Crippen LogP contribution in [0.1, 0.15) is 10.5 Å². The number of methoxy groups -OCH3 is 1. The van der Waals surface area contributed by atoms with Gasteiger partial charge in [-0.25, -0.2) is 9.37 Å². The van der Waals surface area contributed by atoms with Gasteiger partial charge in [-0.1, -0.05) is 17.7 Å². The molecule has 1 aromatic carbocycles. The highest BCUT2D eigenvalue weighted by atomic mass is 35.5. The number of hydrogen-bond acceptors (Lipinski definition) is 3. The zero-order valence-corrected chi connectivity index (χ0v) is 10.7. The molecule has 0 aliphatic carbocycles. The highest BCUT2D eigenvalue weighted by Gasteiger charge is 2.11. The molecule has 0 radical (unpaired) electrons. The number of hydrogen-bond donors (Lipinski definition) is 1. The Balaban J connectivity index is 2.24. The van der Waals surface area contributed by atoms with Crippen LogP contribution in [-0.2, 0) is 0 Å². The maximum atomic E-state index is 13.0. The topological polar surface area (TPSA) is 51.2 Å². The summed E-state index contributed by atoms with van der Waals surface area (Å²) in [7, 11) is 1.39. The second-order valence-corrected chi connectivity index (χ2v) is 4.03. The van der Waals surface area contributed by atoms with Crippen molar-refractivity contribution in [2.24, 2.45) is 0 Å². The third kappa shape index (κ3) is 3.20. The van der Waals surface area contributed by atoms with Crippen molar-refractivity contribution >= 4 is 23.2 Å². The second-order valence-electron chi connectivity index (χ2n) is 3.64. The number of rotatable bonds is 3. The third-order valence-corrected chi connectivity index (χ3v) is 2.57. The Hall–Kier alpha value is -2.14. The normalized spacial score (nSPS) is 10.1. The van der Waals surface area contributed by atoms with E-state index in [1.165, 1.54) is 31.4 Å². The lowest BCUT2D eigenvalue weighted by atomic mass is 10.2. The Bertz CT molecular complexity index is 619. The largest absolute Gasteiger partial charge is 0.494 e. The van der Waals surface area contributed by atoms with E-state index in [4.69, 9.17) is 16.3 Å². The SMILES string of the molecule is COc1cc(F)ccc1NC(=O)c1cccc(Cl)n1. The molecule has 0 spiro atoms. The van der Waals surface area contributed by atoms with Gasteiger partial charge in [-0.2, -0.15) is 0 Å². The highest BCUT2D eigenvalue weighted by molar-refractivity contribution is 6.29. The Morgan fingerprint density at radius 3 is 2.84 bits per heavy atom. The van der Waals surface area contributed by atoms with E-state index in [-0.39, 0.29) is 16.6 Å². The van der Waals surface area contributed by atoms with E-state index in [0.717, 1.165) is 0 Å². The minimum Gasteiger partial charge on any atom is -0.494 e.